The van der Waals surface area contributed by atoms with Gasteiger partial charge in [-0.05, 0) is 41.7 Å². The average molecular weight is 309 g/mol. The molecule has 1 atom stereocenters. The summed E-state index contributed by atoms with van der Waals surface area (Å²) in [5.41, 5.74) is 6.60. The van der Waals surface area contributed by atoms with Gasteiger partial charge in [0, 0.05) is 32.6 Å². The predicted molar refractivity (Wildman–Crippen MR) is 84.0 cm³/mol. The summed E-state index contributed by atoms with van der Waals surface area (Å²) >= 11 is 1.65. The Morgan fingerprint density at radius 1 is 1.48 bits per heavy atom. The van der Waals surface area contributed by atoms with E-state index in [1.54, 1.807) is 11.3 Å². The van der Waals surface area contributed by atoms with Crippen molar-refractivity contribution in [3.63, 3.8) is 0 Å². The Morgan fingerprint density at radius 3 is 3.05 bits per heavy atom. The van der Waals surface area contributed by atoms with E-state index in [9.17, 15) is 9.59 Å². The second kappa shape index (κ2) is 8.14. The standard InChI is InChI=1S/C15H23N3O2S/c16-6-7-17-15(20)13-2-1-8-18(10-13)14(19)4-3-12-5-9-21-11-12/h5,9,11,13H,1-4,6-8,10,16H2,(H,17,20). The Kier molecular flexibility index (Phi) is 6.20. The Bertz CT molecular complexity index is 461. The number of thiophene rings is 1. The summed E-state index contributed by atoms with van der Waals surface area (Å²) in [4.78, 5) is 26.1. The summed E-state index contributed by atoms with van der Waals surface area (Å²) < 4.78 is 0. The van der Waals surface area contributed by atoms with Crippen LogP contribution in [-0.2, 0) is 16.0 Å². The summed E-state index contributed by atoms with van der Waals surface area (Å²) in [6.45, 7) is 2.26. The summed E-state index contributed by atoms with van der Waals surface area (Å²) in [6, 6.07) is 2.05. The highest BCUT2D eigenvalue weighted by atomic mass is 32.1. The van der Waals surface area contributed by atoms with Crippen molar-refractivity contribution < 1.29 is 9.59 Å². The van der Waals surface area contributed by atoms with E-state index in [0.717, 1.165) is 25.8 Å². The minimum absolute atomic E-state index is 0.0239. The highest BCUT2D eigenvalue weighted by Crippen LogP contribution is 2.18. The van der Waals surface area contributed by atoms with Crippen LogP contribution in [0.5, 0.6) is 0 Å². The number of amides is 2. The van der Waals surface area contributed by atoms with E-state index in [2.05, 4.69) is 16.8 Å². The van der Waals surface area contributed by atoms with Crippen LogP contribution in [0.1, 0.15) is 24.8 Å². The molecule has 0 bridgehead atoms. The van der Waals surface area contributed by atoms with Crippen LogP contribution >= 0.6 is 11.3 Å². The summed E-state index contributed by atoms with van der Waals surface area (Å²) in [7, 11) is 0. The molecule has 1 aliphatic heterocycles. The van der Waals surface area contributed by atoms with Gasteiger partial charge in [-0.15, -0.1) is 0 Å². The molecule has 0 radical (unpaired) electrons. The monoisotopic (exact) mass is 309 g/mol. The maximum Gasteiger partial charge on any atom is 0.224 e. The fourth-order valence-electron chi connectivity index (χ4n) is 2.60. The van der Waals surface area contributed by atoms with Crippen LogP contribution in [-0.4, -0.2) is 42.9 Å². The molecule has 0 aromatic carbocycles. The quantitative estimate of drug-likeness (QED) is 0.823. The molecular weight excluding hydrogens is 286 g/mol. The van der Waals surface area contributed by atoms with Crippen molar-refractivity contribution in [1.29, 1.82) is 0 Å². The number of carbonyl (C=O) groups excluding carboxylic acids is 2. The van der Waals surface area contributed by atoms with Crippen molar-refractivity contribution in [1.82, 2.24) is 10.2 Å². The first-order valence-electron chi connectivity index (χ1n) is 7.47. The van der Waals surface area contributed by atoms with E-state index in [4.69, 9.17) is 5.73 Å². The second-order valence-corrected chi connectivity index (χ2v) is 6.17. The van der Waals surface area contributed by atoms with Crippen molar-refractivity contribution in [2.24, 2.45) is 11.7 Å². The van der Waals surface area contributed by atoms with Crippen LogP contribution < -0.4 is 11.1 Å². The van der Waals surface area contributed by atoms with E-state index in [1.165, 1.54) is 5.56 Å². The third kappa shape index (κ3) is 4.82. The van der Waals surface area contributed by atoms with E-state index in [1.807, 2.05) is 10.3 Å². The van der Waals surface area contributed by atoms with Gasteiger partial charge in [0.05, 0.1) is 5.92 Å². The van der Waals surface area contributed by atoms with Gasteiger partial charge in [-0.1, -0.05) is 0 Å². The molecule has 6 heteroatoms. The topological polar surface area (TPSA) is 75.4 Å². The summed E-state index contributed by atoms with van der Waals surface area (Å²) in [5, 5.41) is 6.92. The minimum Gasteiger partial charge on any atom is -0.355 e. The zero-order valence-corrected chi connectivity index (χ0v) is 13.0. The predicted octanol–water partition coefficient (Wildman–Crippen LogP) is 0.994. The van der Waals surface area contributed by atoms with Crippen molar-refractivity contribution in [2.75, 3.05) is 26.2 Å². The minimum atomic E-state index is -0.0876. The van der Waals surface area contributed by atoms with Crippen LogP contribution in [0.15, 0.2) is 16.8 Å². The number of hydrogen-bond donors (Lipinski definition) is 2. The van der Waals surface area contributed by atoms with Crippen molar-refractivity contribution in [3.8, 4) is 0 Å². The fraction of sp³-hybridized carbons (Fsp3) is 0.600. The lowest BCUT2D eigenvalue weighted by Gasteiger charge is -2.32. The zero-order valence-electron chi connectivity index (χ0n) is 12.2. The number of carbonyl (C=O) groups is 2. The molecule has 1 aliphatic rings. The molecule has 3 N–H and O–H groups in total. The molecule has 5 nitrogen and oxygen atoms in total. The van der Waals surface area contributed by atoms with Gasteiger partial charge in [-0.3, -0.25) is 9.59 Å². The largest absolute Gasteiger partial charge is 0.355 e. The molecule has 1 unspecified atom stereocenters. The lowest BCUT2D eigenvalue weighted by Crippen LogP contribution is -2.46. The molecule has 21 heavy (non-hydrogen) atoms. The number of nitrogens with zero attached hydrogens (tertiary/aromatic N) is 1. The first-order chi connectivity index (χ1) is 10.2. The zero-order chi connectivity index (χ0) is 15.1. The van der Waals surface area contributed by atoms with Gasteiger partial charge in [0.1, 0.15) is 0 Å². The molecule has 1 fully saturated rings. The molecule has 2 heterocycles. The number of rotatable bonds is 6. The Balaban J connectivity index is 1.79. The molecule has 2 rings (SSSR count). The number of hydrogen-bond acceptors (Lipinski definition) is 4. The maximum atomic E-state index is 12.3. The molecule has 1 saturated heterocycles. The van der Waals surface area contributed by atoms with Crippen LogP contribution in [0.2, 0.25) is 0 Å². The number of likely N-dealkylation sites (tertiary alicyclic amines) is 1. The number of piperidine rings is 1. The lowest BCUT2D eigenvalue weighted by atomic mass is 9.96. The molecule has 0 saturated carbocycles. The SMILES string of the molecule is NCCNC(=O)C1CCCN(C(=O)CCc2ccsc2)C1. The lowest BCUT2D eigenvalue weighted by molar-refractivity contribution is -0.135. The van der Waals surface area contributed by atoms with E-state index in [0.29, 0.717) is 26.1 Å². The van der Waals surface area contributed by atoms with Gasteiger partial charge in [-0.25, -0.2) is 0 Å². The highest BCUT2D eigenvalue weighted by Gasteiger charge is 2.27. The van der Waals surface area contributed by atoms with Crippen LogP contribution in [0, 0.1) is 5.92 Å². The van der Waals surface area contributed by atoms with Crippen LogP contribution in [0.25, 0.3) is 0 Å². The van der Waals surface area contributed by atoms with Gasteiger partial charge in [-0.2, -0.15) is 11.3 Å². The number of aryl methyl sites for hydroxylation is 1. The molecule has 2 amide bonds. The summed E-state index contributed by atoms with van der Waals surface area (Å²) in [6.07, 6.45) is 3.05. The summed E-state index contributed by atoms with van der Waals surface area (Å²) in [5.74, 6) is 0.0868. The molecule has 0 aliphatic carbocycles. The number of nitrogens with two attached hydrogens (primary N) is 1. The van der Waals surface area contributed by atoms with Gasteiger partial charge in [0.15, 0.2) is 0 Å². The van der Waals surface area contributed by atoms with Crippen LogP contribution in [0.3, 0.4) is 0 Å². The fourth-order valence-corrected chi connectivity index (χ4v) is 3.30. The Hall–Kier alpha value is -1.40. The highest BCUT2D eigenvalue weighted by molar-refractivity contribution is 7.07. The van der Waals surface area contributed by atoms with E-state index in [-0.39, 0.29) is 17.7 Å². The molecule has 116 valence electrons. The maximum absolute atomic E-state index is 12.3. The second-order valence-electron chi connectivity index (χ2n) is 5.39. The third-order valence-electron chi connectivity index (χ3n) is 3.80. The molecule has 1 aromatic rings. The van der Waals surface area contributed by atoms with Gasteiger partial charge >= 0.3 is 0 Å². The van der Waals surface area contributed by atoms with Gasteiger partial charge < -0.3 is 16.0 Å². The van der Waals surface area contributed by atoms with Gasteiger partial charge in [0.25, 0.3) is 0 Å². The molecule has 1 aromatic heterocycles. The first kappa shape index (κ1) is 16.0. The molecular formula is C15H23N3O2S. The molecule has 0 spiro atoms. The smallest absolute Gasteiger partial charge is 0.224 e. The third-order valence-corrected chi connectivity index (χ3v) is 4.53. The normalized spacial score (nSPS) is 18.5. The Labute approximate surface area is 129 Å². The van der Waals surface area contributed by atoms with Crippen LogP contribution in [0.4, 0.5) is 0 Å². The van der Waals surface area contributed by atoms with Crippen molar-refractivity contribution in [3.05, 3.63) is 22.4 Å². The Morgan fingerprint density at radius 2 is 2.33 bits per heavy atom. The number of nitrogens with one attached hydrogen (secondary N) is 1. The average Bonchev–Trinajstić information content (AvgIpc) is 3.03. The first-order valence-corrected chi connectivity index (χ1v) is 8.41. The van der Waals surface area contributed by atoms with E-state index < -0.39 is 0 Å². The van der Waals surface area contributed by atoms with E-state index >= 15 is 0 Å². The van der Waals surface area contributed by atoms with Crippen molar-refractivity contribution >= 4 is 23.2 Å². The van der Waals surface area contributed by atoms with Gasteiger partial charge in [0.2, 0.25) is 11.8 Å². The van der Waals surface area contributed by atoms with Crippen molar-refractivity contribution in [2.45, 2.75) is 25.7 Å².